The van der Waals surface area contributed by atoms with Crippen LogP contribution in [-0.2, 0) is 11.8 Å². The Morgan fingerprint density at radius 1 is 1.38 bits per heavy atom. The Bertz CT molecular complexity index is 562. The number of aromatic nitrogens is 1. The van der Waals surface area contributed by atoms with E-state index in [2.05, 4.69) is 10.6 Å². The molecule has 0 unspecified atom stereocenters. The van der Waals surface area contributed by atoms with Crippen LogP contribution in [0.25, 0.3) is 0 Å². The predicted molar refractivity (Wildman–Crippen MR) is 73.9 cm³/mol. The van der Waals surface area contributed by atoms with E-state index in [0.29, 0.717) is 13.1 Å². The van der Waals surface area contributed by atoms with Crippen molar-refractivity contribution in [2.75, 3.05) is 32.7 Å². The largest absolute Gasteiger partial charge is 0.358 e. The van der Waals surface area contributed by atoms with E-state index >= 15 is 0 Å². The molecule has 1 aromatic heterocycles. The summed E-state index contributed by atoms with van der Waals surface area (Å²) < 4.78 is 1.19. The highest BCUT2D eigenvalue weighted by atomic mass is 16.6. The summed E-state index contributed by atoms with van der Waals surface area (Å²) in [5.74, 6) is -0.837. The minimum Gasteiger partial charge on any atom is -0.358 e. The lowest BCUT2D eigenvalue weighted by Gasteiger charge is -2.27. The first kappa shape index (κ1) is 15.0. The van der Waals surface area contributed by atoms with Crippen molar-refractivity contribution in [3.8, 4) is 0 Å². The molecule has 0 aromatic carbocycles. The highest BCUT2D eigenvalue weighted by molar-refractivity contribution is 5.95. The van der Waals surface area contributed by atoms with Gasteiger partial charge in [0.2, 0.25) is 5.91 Å². The van der Waals surface area contributed by atoms with Crippen molar-refractivity contribution in [3.05, 3.63) is 27.9 Å². The van der Waals surface area contributed by atoms with E-state index < -0.39 is 10.8 Å². The number of hydrogen-bond donors (Lipinski definition) is 2. The molecule has 9 heteroatoms. The van der Waals surface area contributed by atoms with E-state index in [0.717, 1.165) is 13.1 Å². The monoisotopic (exact) mass is 295 g/mol. The van der Waals surface area contributed by atoms with Crippen LogP contribution in [0.4, 0.5) is 5.82 Å². The molecule has 1 aliphatic heterocycles. The summed E-state index contributed by atoms with van der Waals surface area (Å²) in [4.78, 5) is 35.7. The highest BCUT2D eigenvalue weighted by Gasteiger charge is 2.22. The molecule has 114 valence electrons. The second kappa shape index (κ2) is 6.35. The molecule has 0 radical (unpaired) electrons. The molecule has 2 rings (SSSR count). The molecule has 0 atom stereocenters. The van der Waals surface area contributed by atoms with Gasteiger partial charge in [-0.05, 0) is 11.0 Å². The first-order valence-corrected chi connectivity index (χ1v) is 6.57. The zero-order chi connectivity index (χ0) is 15.4. The third-order valence-corrected chi connectivity index (χ3v) is 3.38. The van der Waals surface area contributed by atoms with Gasteiger partial charge in [-0.2, -0.15) is 0 Å². The van der Waals surface area contributed by atoms with Crippen molar-refractivity contribution in [2.45, 2.75) is 0 Å². The minimum absolute atomic E-state index is 0.113. The molecule has 0 bridgehead atoms. The lowest BCUT2D eigenvalue weighted by atomic mass is 10.3. The van der Waals surface area contributed by atoms with Gasteiger partial charge in [-0.1, -0.05) is 0 Å². The second-order valence-electron chi connectivity index (χ2n) is 4.71. The fourth-order valence-electron chi connectivity index (χ4n) is 2.18. The lowest BCUT2D eigenvalue weighted by Crippen LogP contribution is -2.49. The smallest absolute Gasteiger partial charge is 0.323 e. The molecular formula is C12H17N5O4. The quantitative estimate of drug-likeness (QED) is 0.552. The van der Waals surface area contributed by atoms with Gasteiger partial charge in [-0.15, -0.1) is 0 Å². The summed E-state index contributed by atoms with van der Waals surface area (Å²) in [6.45, 7) is 2.60. The van der Waals surface area contributed by atoms with E-state index in [1.54, 1.807) is 4.90 Å². The SMILES string of the molecule is Cn1c(C(=O)NCC(=O)N2CCNCC2)ccc1[N+](=O)[O-]. The lowest BCUT2D eigenvalue weighted by molar-refractivity contribution is -0.391. The summed E-state index contributed by atoms with van der Waals surface area (Å²) in [5, 5.41) is 16.3. The molecule has 1 saturated heterocycles. The molecule has 2 heterocycles. The maximum Gasteiger partial charge on any atom is 0.323 e. The average Bonchev–Trinajstić information content (AvgIpc) is 2.87. The van der Waals surface area contributed by atoms with Crippen molar-refractivity contribution in [1.29, 1.82) is 0 Å². The van der Waals surface area contributed by atoms with E-state index in [9.17, 15) is 19.7 Å². The van der Waals surface area contributed by atoms with Crippen molar-refractivity contribution in [1.82, 2.24) is 20.1 Å². The molecule has 2 amide bonds. The molecule has 0 saturated carbocycles. The van der Waals surface area contributed by atoms with Gasteiger partial charge in [-0.25, -0.2) is 4.57 Å². The van der Waals surface area contributed by atoms with Gasteiger partial charge in [0, 0.05) is 32.2 Å². The number of hydrogen-bond acceptors (Lipinski definition) is 5. The number of carbonyl (C=O) groups excluding carboxylic acids is 2. The molecule has 1 aliphatic rings. The molecule has 21 heavy (non-hydrogen) atoms. The number of rotatable bonds is 4. The highest BCUT2D eigenvalue weighted by Crippen LogP contribution is 2.14. The Balaban J connectivity index is 1.92. The maximum absolute atomic E-state index is 12.0. The van der Waals surface area contributed by atoms with Crippen molar-refractivity contribution < 1.29 is 14.5 Å². The van der Waals surface area contributed by atoms with Crippen LogP contribution in [0.2, 0.25) is 0 Å². The topological polar surface area (TPSA) is 110 Å². The van der Waals surface area contributed by atoms with Crippen LogP contribution >= 0.6 is 0 Å². The van der Waals surface area contributed by atoms with Gasteiger partial charge in [0.15, 0.2) is 5.69 Å². The van der Waals surface area contributed by atoms with E-state index in [-0.39, 0.29) is 24.0 Å². The summed E-state index contributed by atoms with van der Waals surface area (Å²) in [7, 11) is 1.44. The van der Waals surface area contributed by atoms with E-state index in [4.69, 9.17) is 0 Å². The molecule has 1 aromatic rings. The fraction of sp³-hybridized carbons (Fsp3) is 0.500. The minimum atomic E-state index is -0.567. The number of carbonyl (C=O) groups is 2. The second-order valence-corrected chi connectivity index (χ2v) is 4.71. The van der Waals surface area contributed by atoms with Crippen LogP contribution < -0.4 is 10.6 Å². The van der Waals surface area contributed by atoms with Gasteiger partial charge >= 0.3 is 5.82 Å². The first-order chi connectivity index (χ1) is 10.0. The zero-order valence-corrected chi connectivity index (χ0v) is 11.7. The normalized spacial score (nSPS) is 14.8. The van der Waals surface area contributed by atoms with Crippen LogP contribution in [0.1, 0.15) is 10.5 Å². The molecule has 9 nitrogen and oxygen atoms in total. The Labute approximate surface area is 121 Å². The number of piperazine rings is 1. The fourth-order valence-corrected chi connectivity index (χ4v) is 2.18. The Hall–Kier alpha value is -2.42. The van der Waals surface area contributed by atoms with Gasteiger partial charge in [0.05, 0.1) is 13.6 Å². The number of nitro groups is 1. The van der Waals surface area contributed by atoms with E-state index in [1.807, 2.05) is 0 Å². The van der Waals surface area contributed by atoms with E-state index in [1.165, 1.54) is 23.7 Å². The molecular weight excluding hydrogens is 278 g/mol. The van der Waals surface area contributed by atoms with Gasteiger partial charge in [0.25, 0.3) is 5.91 Å². The molecule has 1 fully saturated rings. The predicted octanol–water partition coefficient (Wildman–Crippen LogP) is -0.905. The van der Waals surface area contributed by atoms with Gasteiger partial charge in [-0.3, -0.25) is 9.59 Å². The standard InChI is InChI=1S/C12H17N5O4/c1-15-9(2-3-10(15)17(20)21)12(19)14-8-11(18)16-6-4-13-5-7-16/h2-3,13H,4-8H2,1H3,(H,14,19). The van der Waals surface area contributed by atoms with Crippen LogP contribution in [-0.4, -0.2) is 58.9 Å². The van der Waals surface area contributed by atoms with Crippen LogP contribution in [0.5, 0.6) is 0 Å². The number of nitrogens with zero attached hydrogens (tertiary/aromatic N) is 3. The molecule has 0 aliphatic carbocycles. The summed E-state index contributed by atoms with van der Waals surface area (Å²) in [6, 6.07) is 2.62. The third-order valence-electron chi connectivity index (χ3n) is 3.38. The number of amides is 2. The number of nitrogens with one attached hydrogen (secondary N) is 2. The summed E-state index contributed by atoms with van der Waals surface area (Å²) in [5.41, 5.74) is 0.148. The van der Waals surface area contributed by atoms with Crippen LogP contribution in [0, 0.1) is 10.1 Å². The van der Waals surface area contributed by atoms with Crippen molar-refractivity contribution in [2.24, 2.45) is 7.05 Å². The zero-order valence-electron chi connectivity index (χ0n) is 11.7. The molecule has 2 N–H and O–H groups in total. The Morgan fingerprint density at radius 2 is 2.05 bits per heavy atom. The van der Waals surface area contributed by atoms with Crippen LogP contribution in [0.15, 0.2) is 12.1 Å². The third kappa shape index (κ3) is 3.37. The van der Waals surface area contributed by atoms with Gasteiger partial charge in [0.1, 0.15) is 0 Å². The Kier molecular flexibility index (Phi) is 4.53. The van der Waals surface area contributed by atoms with Gasteiger partial charge < -0.3 is 25.6 Å². The van der Waals surface area contributed by atoms with Crippen molar-refractivity contribution >= 4 is 17.6 Å². The molecule has 0 spiro atoms. The average molecular weight is 295 g/mol. The Morgan fingerprint density at radius 3 is 2.62 bits per heavy atom. The summed E-state index contributed by atoms with van der Waals surface area (Å²) >= 11 is 0. The summed E-state index contributed by atoms with van der Waals surface area (Å²) in [6.07, 6.45) is 0. The maximum atomic E-state index is 12.0. The first-order valence-electron chi connectivity index (χ1n) is 6.57. The van der Waals surface area contributed by atoms with Crippen molar-refractivity contribution in [3.63, 3.8) is 0 Å². The van der Waals surface area contributed by atoms with Crippen LogP contribution in [0.3, 0.4) is 0 Å².